The number of rotatable bonds is 4. The Morgan fingerprint density at radius 3 is 2.79 bits per heavy atom. The van der Waals surface area contributed by atoms with Crippen molar-refractivity contribution in [3.63, 3.8) is 0 Å². The third-order valence-electron chi connectivity index (χ3n) is 4.04. The number of H-pyrrole nitrogens is 1. The highest BCUT2D eigenvalue weighted by molar-refractivity contribution is 6.31. The first-order chi connectivity index (χ1) is 13.5. The molecule has 4 aromatic rings. The van der Waals surface area contributed by atoms with E-state index in [-0.39, 0.29) is 5.82 Å². The molecule has 4 rings (SSSR count). The second-order valence-corrected chi connectivity index (χ2v) is 6.36. The number of hydrogen-bond acceptors (Lipinski definition) is 5. The minimum Gasteiger partial charge on any atom is -0.387 e. The van der Waals surface area contributed by atoms with Crippen molar-refractivity contribution >= 4 is 34.4 Å². The molecule has 140 valence electrons. The van der Waals surface area contributed by atoms with Gasteiger partial charge in [-0.3, -0.25) is 14.8 Å². The van der Waals surface area contributed by atoms with Crippen molar-refractivity contribution in [3.8, 4) is 22.5 Å². The first-order valence-electron chi connectivity index (χ1n) is 8.21. The smallest absolute Gasteiger partial charge is 0.251 e. The quantitative estimate of drug-likeness (QED) is 0.489. The van der Waals surface area contributed by atoms with E-state index in [2.05, 4.69) is 25.3 Å². The van der Waals surface area contributed by atoms with Gasteiger partial charge in [0.2, 0.25) is 0 Å². The molecular formula is C19H13ClFN5O2. The first-order valence-corrected chi connectivity index (χ1v) is 8.59. The fourth-order valence-corrected chi connectivity index (χ4v) is 3.03. The Balaban J connectivity index is 1.91. The molecule has 0 fully saturated rings. The average Bonchev–Trinajstić information content (AvgIpc) is 3.07. The van der Waals surface area contributed by atoms with Crippen molar-refractivity contribution in [3.05, 3.63) is 59.8 Å². The lowest BCUT2D eigenvalue weighted by Gasteiger charge is -2.07. The number of pyridine rings is 3. The van der Waals surface area contributed by atoms with Crippen LogP contribution < -0.4 is 5.32 Å². The maximum absolute atomic E-state index is 13.4. The molecule has 0 aliphatic heterocycles. The Bertz CT molecular complexity index is 1180. The van der Waals surface area contributed by atoms with E-state index in [1.807, 2.05) is 0 Å². The number of aliphatic hydroxyl groups is 1. The predicted molar refractivity (Wildman–Crippen MR) is 103 cm³/mol. The van der Waals surface area contributed by atoms with E-state index in [0.717, 1.165) is 6.20 Å². The summed E-state index contributed by atoms with van der Waals surface area (Å²) in [5.74, 6) is -0.742. The summed E-state index contributed by atoms with van der Waals surface area (Å²) in [7, 11) is 0. The van der Waals surface area contributed by atoms with Crippen LogP contribution in [0.3, 0.4) is 0 Å². The van der Waals surface area contributed by atoms with Gasteiger partial charge < -0.3 is 15.4 Å². The number of nitrogens with one attached hydrogen (secondary N) is 2. The van der Waals surface area contributed by atoms with Crippen molar-refractivity contribution in [2.75, 3.05) is 11.9 Å². The summed E-state index contributed by atoms with van der Waals surface area (Å²) in [6, 6.07) is 8.00. The van der Waals surface area contributed by atoms with Gasteiger partial charge in [0.25, 0.3) is 5.91 Å². The molecule has 0 aliphatic rings. The molecule has 0 saturated heterocycles. The Morgan fingerprint density at radius 2 is 2.04 bits per heavy atom. The van der Waals surface area contributed by atoms with E-state index in [4.69, 9.17) is 16.7 Å². The van der Waals surface area contributed by atoms with Gasteiger partial charge in [-0.15, -0.1) is 0 Å². The zero-order valence-corrected chi connectivity index (χ0v) is 15.0. The number of nitrogens with zero attached hydrogens (tertiary/aromatic N) is 3. The summed E-state index contributed by atoms with van der Waals surface area (Å²) in [5.41, 5.74) is 3.84. The summed E-state index contributed by atoms with van der Waals surface area (Å²) in [6.07, 6.45) is 4.18. The zero-order valence-electron chi connectivity index (χ0n) is 14.3. The first kappa shape index (κ1) is 18.0. The zero-order chi connectivity index (χ0) is 19.7. The van der Waals surface area contributed by atoms with Crippen LogP contribution in [0.2, 0.25) is 5.02 Å². The van der Waals surface area contributed by atoms with Crippen LogP contribution in [0.4, 0.5) is 10.2 Å². The van der Waals surface area contributed by atoms with Gasteiger partial charge in [0, 0.05) is 18.0 Å². The second kappa shape index (κ2) is 7.34. The molecule has 0 bridgehead atoms. The lowest BCUT2D eigenvalue weighted by Crippen LogP contribution is -2.16. The number of aliphatic hydroxyl groups excluding tert-OH is 1. The minimum atomic E-state index is -0.647. The molecule has 0 atom stereocenters. The number of aromatic amines is 1. The van der Waals surface area contributed by atoms with Crippen LogP contribution in [-0.2, 0) is 4.79 Å². The van der Waals surface area contributed by atoms with Crippen LogP contribution in [-0.4, -0.2) is 37.6 Å². The molecule has 7 nitrogen and oxygen atoms in total. The molecule has 4 aromatic heterocycles. The molecule has 28 heavy (non-hydrogen) atoms. The fraction of sp³-hybridized carbons (Fsp3) is 0.0526. The number of amides is 1. The number of fused-ring (bicyclic) bond motifs is 1. The number of aromatic nitrogens is 4. The van der Waals surface area contributed by atoms with E-state index in [1.54, 1.807) is 24.3 Å². The maximum Gasteiger partial charge on any atom is 0.251 e. The molecule has 0 spiro atoms. The number of carbonyl (C=O) groups excluding carboxylic acids is 1. The summed E-state index contributed by atoms with van der Waals surface area (Å²) < 4.78 is 13.4. The van der Waals surface area contributed by atoms with Crippen LogP contribution in [0.25, 0.3) is 33.5 Å². The molecule has 4 heterocycles. The third kappa shape index (κ3) is 3.42. The molecule has 0 radical (unpaired) electrons. The topological polar surface area (TPSA) is 104 Å². The van der Waals surface area contributed by atoms with Crippen molar-refractivity contribution in [2.24, 2.45) is 0 Å². The molecule has 0 aliphatic carbocycles. The second-order valence-electron chi connectivity index (χ2n) is 5.92. The molecule has 0 saturated carbocycles. The highest BCUT2D eigenvalue weighted by Crippen LogP contribution is 2.37. The highest BCUT2D eigenvalue weighted by atomic mass is 35.5. The molecular weight excluding hydrogens is 385 g/mol. The molecule has 3 N–H and O–H groups in total. The van der Waals surface area contributed by atoms with E-state index in [0.29, 0.717) is 38.6 Å². The van der Waals surface area contributed by atoms with E-state index >= 15 is 0 Å². The van der Waals surface area contributed by atoms with E-state index in [9.17, 15) is 9.18 Å². The Labute approximate surface area is 163 Å². The number of carbonyl (C=O) groups is 1. The normalized spacial score (nSPS) is 11.0. The number of hydrogen-bond donors (Lipinski definition) is 3. The lowest BCUT2D eigenvalue weighted by atomic mass is 10.0. The Morgan fingerprint density at radius 1 is 1.18 bits per heavy atom. The summed E-state index contributed by atoms with van der Waals surface area (Å²) in [5, 5.41) is 11.9. The van der Waals surface area contributed by atoms with Crippen LogP contribution in [0.1, 0.15) is 0 Å². The van der Waals surface area contributed by atoms with Gasteiger partial charge in [0.15, 0.2) is 0 Å². The standard InChI is InChI=1S/C19H13ClFN5O2/c20-11-6-14-19(24-7-11)17(13-2-1-12(21)8-23-13)18(25-14)10-3-4-22-15(5-10)26-16(28)9-27/h1-8,25,27H,9H2,(H,22,26,28). The summed E-state index contributed by atoms with van der Waals surface area (Å²) in [4.78, 5) is 27.4. The number of halogens is 2. The van der Waals surface area contributed by atoms with E-state index in [1.165, 1.54) is 18.5 Å². The average molecular weight is 398 g/mol. The van der Waals surface area contributed by atoms with Crippen LogP contribution >= 0.6 is 11.6 Å². The highest BCUT2D eigenvalue weighted by Gasteiger charge is 2.18. The van der Waals surface area contributed by atoms with Crippen LogP contribution in [0.15, 0.2) is 48.9 Å². The van der Waals surface area contributed by atoms with Gasteiger partial charge in [-0.25, -0.2) is 9.37 Å². The molecule has 0 unspecified atom stereocenters. The SMILES string of the molecule is O=C(CO)Nc1cc(-c2[nH]c3cc(Cl)cnc3c2-c2ccc(F)cn2)ccn1. The van der Waals surface area contributed by atoms with Gasteiger partial charge in [-0.2, -0.15) is 0 Å². The van der Waals surface area contributed by atoms with Crippen LogP contribution in [0, 0.1) is 5.82 Å². The Hall–Kier alpha value is -3.36. The third-order valence-corrected chi connectivity index (χ3v) is 4.25. The lowest BCUT2D eigenvalue weighted by molar-refractivity contribution is -0.118. The number of anilines is 1. The summed E-state index contributed by atoms with van der Waals surface area (Å²) in [6.45, 7) is -0.647. The minimum absolute atomic E-state index is 0.277. The van der Waals surface area contributed by atoms with Crippen molar-refractivity contribution < 1.29 is 14.3 Å². The van der Waals surface area contributed by atoms with Gasteiger partial charge in [0.1, 0.15) is 18.2 Å². The van der Waals surface area contributed by atoms with E-state index < -0.39 is 18.3 Å². The molecule has 1 amide bonds. The fourth-order valence-electron chi connectivity index (χ4n) is 2.88. The van der Waals surface area contributed by atoms with Gasteiger partial charge >= 0.3 is 0 Å². The van der Waals surface area contributed by atoms with Crippen molar-refractivity contribution in [2.45, 2.75) is 0 Å². The van der Waals surface area contributed by atoms with Crippen molar-refractivity contribution in [1.82, 2.24) is 19.9 Å². The molecule has 9 heteroatoms. The largest absolute Gasteiger partial charge is 0.387 e. The monoisotopic (exact) mass is 397 g/mol. The van der Waals surface area contributed by atoms with Crippen LogP contribution in [0.5, 0.6) is 0 Å². The predicted octanol–water partition coefficient (Wildman–Crippen LogP) is 3.41. The maximum atomic E-state index is 13.4. The summed E-state index contributed by atoms with van der Waals surface area (Å²) >= 11 is 6.06. The Kier molecular flexibility index (Phi) is 4.72. The molecule has 0 aromatic carbocycles. The van der Waals surface area contributed by atoms with Gasteiger partial charge in [-0.05, 0) is 30.3 Å². The van der Waals surface area contributed by atoms with Gasteiger partial charge in [-0.1, -0.05) is 11.6 Å². The van der Waals surface area contributed by atoms with Gasteiger partial charge in [0.05, 0.1) is 39.2 Å². The van der Waals surface area contributed by atoms with Crippen molar-refractivity contribution in [1.29, 1.82) is 0 Å².